The maximum absolute atomic E-state index is 6.25. The molecule has 2 unspecified atom stereocenters. The summed E-state index contributed by atoms with van der Waals surface area (Å²) in [6, 6.07) is 14.1. The molecule has 0 radical (unpaired) electrons. The Morgan fingerprint density at radius 2 is 1.95 bits per heavy atom. The Morgan fingerprint density at radius 3 is 2.70 bits per heavy atom. The van der Waals surface area contributed by atoms with Crippen LogP contribution in [0.2, 0.25) is 5.02 Å². The Hall–Kier alpha value is -1.71. The Kier molecular flexibility index (Phi) is 3.55. The van der Waals surface area contributed by atoms with Crippen LogP contribution < -0.4 is 15.8 Å². The van der Waals surface area contributed by atoms with Gasteiger partial charge in [0.05, 0.1) is 23.9 Å². The second-order valence-electron chi connectivity index (χ2n) is 5.01. The van der Waals surface area contributed by atoms with E-state index in [0.717, 1.165) is 17.9 Å². The lowest BCUT2D eigenvalue weighted by molar-refractivity contribution is 0.415. The predicted octanol–water partition coefficient (Wildman–Crippen LogP) is 3.91. The van der Waals surface area contributed by atoms with Gasteiger partial charge in [-0.05, 0) is 29.7 Å². The fourth-order valence-corrected chi connectivity index (χ4v) is 2.91. The van der Waals surface area contributed by atoms with Crippen molar-refractivity contribution in [2.24, 2.45) is 5.73 Å². The molecule has 20 heavy (non-hydrogen) atoms. The predicted molar refractivity (Wildman–Crippen MR) is 82.4 cm³/mol. The first-order valence-electron chi connectivity index (χ1n) is 6.63. The summed E-state index contributed by atoms with van der Waals surface area (Å²) in [4.78, 5) is 0. The second-order valence-corrected chi connectivity index (χ2v) is 5.42. The molecule has 1 aliphatic carbocycles. The molecule has 3 nitrogen and oxygen atoms in total. The highest BCUT2D eigenvalue weighted by molar-refractivity contribution is 6.33. The monoisotopic (exact) mass is 288 g/mol. The molecule has 3 rings (SSSR count). The van der Waals surface area contributed by atoms with Gasteiger partial charge in [-0.15, -0.1) is 0 Å². The van der Waals surface area contributed by atoms with Crippen LogP contribution in [-0.2, 0) is 0 Å². The zero-order valence-corrected chi connectivity index (χ0v) is 12.0. The highest BCUT2D eigenvalue weighted by Gasteiger charge is 2.28. The van der Waals surface area contributed by atoms with E-state index in [1.165, 1.54) is 11.1 Å². The number of fused-ring (bicyclic) bond motifs is 1. The van der Waals surface area contributed by atoms with Crippen LogP contribution in [0.4, 0.5) is 5.69 Å². The van der Waals surface area contributed by atoms with Gasteiger partial charge in [0.15, 0.2) is 0 Å². The number of hydrogen-bond acceptors (Lipinski definition) is 3. The van der Waals surface area contributed by atoms with Gasteiger partial charge in [-0.3, -0.25) is 0 Å². The lowest BCUT2D eigenvalue weighted by atomic mass is 10.1. The van der Waals surface area contributed by atoms with E-state index >= 15 is 0 Å². The van der Waals surface area contributed by atoms with E-state index in [1.54, 1.807) is 7.11 Å². The van der Waals surface area contributed by atoms with Crippen LogP contribution in [0.25, 0.3) is 0 Å². The lowest BCUT2D eigenvalue weighted by Crippen LogP contribution is -2.10. The number of nitrogens with two attached hydrogens (primary N) is 1. The average Bonchev–Trinajstić information content (AvgIpc) is 2.78. The summed E-state index contributed by atoms with van der Waals surface area (Å²) in [5, 5.41) is 4.16. The van der Waals surface area contributed by atoms with Crippen LogP contribution >= 0.6 is 11.6 Å². The third-order valence-electron chi connectivity index (χ3n) is 3.76. The van der Waals surface area contributed by atoms with Gasteiger partial charge in [-0.25, -0.2) is 0 Å². The number of ether oxygens (including phenoxy) is 1. The van der Waals surface area contributed by atoms with Crippen molar-refractivity contribution in [2.75, 3.05) is 12.4 Å². The van der Waals surface area contributed by atoms with Crippen LogP contribution in [0.3, 0.4) is 0 Å². The highest BCUT2D eigenvalue weighted by atomic mass is 35.5. The van der Waals surface area contributed by atoms with Gasteiger partial charge in [0.25, 0.3) is 0 Å². The quantitative estimate of drug-likeness (QED) is 0.900. The number of nitrogens with one attached hydrogen (secondary N) is 1. The molecular weight excluding hydrogens is 272 g/mol. The first-order chi connectivity index (χ1) is 9.69. The Morgan fingerprint density at radius 1 is 1.20 bits per heavy atom. The fraction of sp³-hybridized carbons (Fsp3) is 0.250. The summed E-state index contributed by atoms with van der Waals surface area (Å²) in [7, 11) is 1.65. The summed E-state index contributed by atoms with van der Waals surface area (Å²) >= 11 is 6.25. The molecule has 0 heterocycles. The molecule has 0 spiro atoms. The summed E-state index contributed by atoms with van der Waals surface area (Å²) in [6.07, 6.45) is 0.868. The van der Waals surface area contributed by atoms with Crippen molar-refractivity contribution < 1.29 is 4.74 Å². The summed E-state index contributed by atoms with van der Waals surface area (Å²) in [5.41, 5.74) is 9.52. The molecular formula is C16H17ClN2O. The normalized spacial score (nSPS) is 20.6. The standard InChI is InChI=1S/C16H17ClN2O/c1-20-10-6-7-13(17)16(8-10)19-15-9-14(18)11-4-2-3-5-12(11)15/h2-8,14-15,19H,9,18H2,1H3. The van der Waals surface area contributed by atoms with Gasteiger partial charge < -0.3 is 15.8 Å². The molecule has 0 bridgehead atoms. The van der Waals surface area contributed by atoms with E-state index in [1.807, 2.05) is 30.3 Å². The number of rotatable bonds is 3. The van der Waals surface area contributed by atoms with Crippen molar-refractivity contribution in [2.45, 2.75) is 18.5 Å². The number of hydrogen-bond donors (Lipinski definition) is 2. The molecule has 2 atom stereocenters. The van der Waals surface area contributed by atoms with Crippen molar-refractivity contribution in [3.05, 3.63) is 58.6 Å². The fourth-order valence-electron chi connectivity index (χ4n) is 2.74. The highest BCUT2D eigenvalue weighted by Crippen LogP contribution is 2.40. The average molecular weight is 289 g/mol. The van der Waals surface area contributed by atoms with E-state index in [4.69, 9.17) is 22.1 Å². The van der Waals surface area contributed by atoms with Gasteiger partial charge in [-0.2, -0.15) is 0 Å². The molecule has 3 N–H and O–H groups in total. The Balaban J connectivity index is 1.90. The number of anilines is 1. The minimum atomic E-state index is 0.0769. The largest absolute Gasteiger partial charge is 0.497 e. The van der Waals surface area contributed by atoms with Crippen molar-refractivity contribution >= 4 is 17.3 Å². The Bertz CT molecular complexity index is 630. The van der Waals surface area contributed by atoms with E-state index in [0.29, 0.717) is 5.02 Å². The maximum atomic E-state index is 6.25. The molecule has 0 amide bonds. The molecule has 0 fully saturated rings. The third-order valence-corrected chi connectivity index (χ3v) is 4.09. The van der Waals surface area contributed by atoms with Crippen molar-refractivity contribution in [1.82, 2.24) is 0 Å². The molecule has 2 aromatic rings. The van der Waals surface area contributed by atoms with Crippen molar-refractivity contribution in [3.63, 3.8) is 0 Å². The van der Waals surface area contributed by atoms with Gasteiger partial charge in [0.2, 0.25) is 0 Å². The van der Waals surface area contributed by atoms with Crippen molar-refractivity contribution in [3.8, 4) is 5.75 Å². The molecule has 104 valence electrons. The molecule has 0 saturated carbocycles. The molecule has 0 aliphatic heterocycles. The first-order valence-corrected chi connectivity index (χ1v) is 7.01. The minimum Gasteiger partial charge on any atom is -0.497 e. The molecule has 4 heteroatoms. The molecule has 0 aromatic heterocycles. The van der Waals surface area contributed by atoms with Crippen LogP contribution in [0, 0.1) is 0 Å². The zero-order valence-electron chi connectivity index (χ0n) is 11.3. The number of methoxy groups -OCH3 is 1. The van der Waals surface area contributed by atoms with E-state index in [2.05, 4.69) is 17.4 Å². The van der Waals surface area contributed by atoms with Crippen LogP contribution in [-0.4, -0.2) is 7.11 Å². The Labute approximate surface area is 123 Å². The topological polar surface area (TPSA) is 47.3 Å². The number of benzene rings is 2. The maximum Gasteiger partial charge on any atom is 0.121 e. The third kappa shape index (κ3) is 2.35. The second kappa shape index (κ2) is 5.35. The van der Waals surface area contributed by atoms with Crippen LogP contribution in [0.5, 0.6) is 5.75 Å². The first kappa shape index (κ1) is 13.3. The van der Waals surface area contributed by atoms with E-state index in [9.17, 15) is 0 Å². The van der Waals surface area contributed by atoms with E-state index < -0.39 is 0 Å². The zero-order chi connectivity index (χ0) is 14.1. The minimum absolute atomic E-state index is 0.0769. The van der Waals surface area contributed by atoms with Gasteiger partial charge in [0.1, 0.15) is 5.75 Å². The molecule has 1 aliphatic rings. The summed E-state index contributed by atoms with van der Waals surface area (Å²) in [5.74, 6) is 0.785. The van der Waals surface area contributed by atoms with Crippen molar-refractivity contribution in [1.29, 1.82) is 0 Å². The SMILES string of the molecule is COc1ccc(Cl)c(NC2CC(N)c3ccccc32)c1. The lowest BCUT2D eigenvalue weighted by Gasteiger charge is -2.17. The van der Waals surface area contributed by atoms with Crippen LogP contribution in [0.15, 0.2) is 42.5 Å². The summed E-state index contributed by atoms with van der Waals surface area (Å²) < 4.78 is 5.24. The van der Waals surface area contributed by atoms with Gasteiger partial charge >= 0.3 is 0 Å². The smallest absolute Gasteiger partial charge is 0.121 e. The number of halogens is 1. The van der Waals surface area contributed by atoms with Crippen LogP contribution in [0.1, 0.15) is 29.6 Å². The van der Waals surface area contributed by atoms with E-state index in [-0.39, 0.29) is 12.1 Å². The summed E-state index contributed by atoms with van der Waals surface area (Å²) in [6.45, 7) is 0. The van der Waals surface area contributed by atoms with Gasteiger partial charge in [0, 0.05) is 12.1 Å². The molecule has 2 aromatic carbocycles. The van der Waals surface area contributed by atoms with Gasteiger partial charge in [-0.1, -0.05) is 35.9 Å². The molecule has 0 saturated heterocycles.